The van der Waals surface area contributed by atoms with Crippen molar-refractivity contribution in [3.63, 3.8) is 0 Å². The summed E-state index contributed by atoms with van der Waals surface area (Å²) in [6, 6.07) is 0. The summed E-state index contributed by atoms with van der Waals surface area (Å²) in [4.78, 5) is 10.9. The minimum Gasteiger partial charge on any atom is -0.462 e. The highest BCUT2D eigenvalue weighted by Crippen LogP contribution is 2.49. The number of carbonyl (C=O) groups is 1. The van der Waals surface area contributed by atoms with E-state index in [0.717, 1.165) is 6.42 Å². The number of hydrogen-bond acceptors (Lipinski definition) is 2. The molecular weight excluding hydrogens is 164 g/mol. The molecule has 0 aromatic rings. The lowest BCUT2D eigenvalue weighted by Crippen LogP contribution is -2.20. The minimum atomic E-state index is -0.126. The first-order valence-electron chi connectivity index (χ1n) is 5.04. The Hall–Kier alpha value is -0.790. The van der Waals surface area contributed by atoms with Crippen molar-refractivity contribution in [1.82, 2.24) is 0 Å². The van der Waals surface area contributed by atoms with Crippen molar-refractivity contribution in [2.24, 2.45) is 11.8 Å². The summed E-state index contributed by atoms with van der Waals surface area (Å²) in [5, 5.41) is 0. The van der Waals surface area contributed by atoms with Crippen molar-refractivity contribution in [3.8, 4) is 0 Å². The number of ether oxygens (including phenoxy) is 1. The Morgan fingerprint density at radius 1 is 1.54 bits per heavy atom. The van der Waals surface area contributed by atoms with Gasteiger partial charge in [-0.25, -0.2) is 0 Å². The molecule has 0 saturated heterocycles. The van der Waals surface area contributed by atoms with E-state index in [1.54, 1.807) is 0 Å². The first-order chi connectivity index (χ1) is 6.22. The third-order valence-electron chi connectivity index (χ3n) is 3.36. The van der Waals surface area contributed by atoms with E-state index in [-0.39, 0.29) is 12.1 Å². The van der Waals surface area contributed by atoms with Crippen LogP contribution < -0.4 is 0 Å². The van der Waals surface area contributed by atoms with E-state index in [9.17, 15) is 4.79 Å². The normalized spacial score (nSPS) is 39.8. The maximum atomic E-state index is 10.9. The van der Waals surface area contributed by atoms with Crippen molar-refractivity contribution in [2.45, 2.75) is 39.2 Å². The van der Waals surface area contributed by atoms with Gasteiger partial charge in [-0.3, -0.25) is 4.79 Å². The lowest BCUT2D eigenvalue weighted by atomic mass is 9.95. The van der Waals surface area contributed by atoms with Crippen LogP contribution in [0, 0.1) is 11.8 Å². The smallest absolute Gasteiger partial charge is 0.302 e. The van der Waals surface area contributed by atoms with Crippen LogP contribution in [0.3, 0.4) is 0 Å². The second kappa shape index (κ2) is 3.17. The van der Waals surface area contributed by atoms with Crippen molar-refractivity contribution in [3.05, 3.63) is 11.6 Å². The highest BCUT2D eigenvalue weighted by atomic mass is 16.5. The molecule has 13 heavy (non-hydrogen) atoms. The lowest BCUT2D eigenvalue weighted by Gasteiger charge is -2.15. The summed E-state index contributed by atoms with van der Waals surface area (Å²) in [6.45, 7) is 3.59. The Balaban J connectivity index is 2.11. The van der Waals surface area contributed by atoms with Crippen LogP contribution in [0.4, 0.5) is 0 Å². The van der Waals surface area contributed by atoms with E-state index in [1.807, 2.05) is 0 Å². The molecule has 2 rings (SSSR count). The maximum absolute atomic E-state index is 10.9. The van der Waals surface area contributed by atoms with Gasteiger partial charge in [0.05, 0.1) is 0 Å². The Kier molecular flexibility index (Phi) is 2.14. The van der Waals surface area contributed by atoms with Crippen LogP contribution in [0.2, 0.25) is 0 Å². The van der Waals surface area contributed by atoms with Crippen LogP contribution in [0.5, 0.6) is 0 Å². The average molecular weight is 180 g/mol. The highest BCUT2D eigenvalue weighted by Gasteiger charge is 2.46. The summed E-state index contributed by atoms with van der Waals surface area (Å²) < 4.78 is 5.35. The van der Waals surface area contributed by atoms with Crippen molar-refractivity contribution in [1.29, 1.82) is 0 Å². The number of allylic oxidation sites excluding steroid dienone is 1. The Bertz CT molecular complexity index is 255. The molecule has 2 saturated carbocycles. The van der Waals surface area contributed by atoms with E-state index >= 15 is 0 Å². The van der Waals surface area contributed by atoms with E-state index < -0.39 is 0 Å². The van der Waals surface area contributed by atoms with Crippen molar-refractivity contribution >= 4 is 5.97 Å². The third-order valence-corrected chi connectivity index (χ3v) is 3.36. The van der Waals surface area contributed by atoms with Crippen LogP contribution in [0.15, 0.2) is 11.6 Å². The maximum Gasteiger partial charge on any atom is 0.302 e. The first-order valence-corrected chi connectivity index (χ1v) is 5.04. The molecule has 72 valence electrons. The second-order valence-electron chi connectivity index (χ2n) is 4.09. The molecule has 2 heteroatoms. The molecule has 3 atom stereocenters. The van der Waals surface area contributed by atoms with Gasteiger partial charge in [0, 0.05) is 18.8 Å². The fourth-order valence-corrected chi connectivity index (χ4v) is 2.82. The molecule has 2 aliphatic rings. The zero-order chi connectivity index (χ0) is 9.42. The molecule has 0 aromatic heterocycles. The number of rotatable bonds is 1. The molecule has 3 unspecified atom stereocenters. The predicted molar refractivity (Wildman–Crippen MR) is 50.1 cm³/mol. The molecule has 0 spiro atoms. The van der Waals surface area contributed by atoms with Crippen LogP contribution in [0.25, 0.3) is 0 Å². The fraction of sp³-hybridized carbons (Fsp3) is 0.727. The average Bonchev–Trinajstić information content (AvgIpc) is 2.61. The monoisotopic (exact) mass is 180 g/mol. The van der Waals surface area contributed by atoms with E-state index in [4.69, 9.17) is 4.74 Å². The van der Waals surface area contributed by atoms with Crippen LogP contribution in [-0.4, -0.2) is 12.1 Å². The quantitative estimate of drug-likeness (QED) is 0.457. The van der Waals surface area contributed by atoms with Gasteiger partial charge in [-0.1, -0.05) is 11.6 Å². The molecule has 2 nitrogen and oxygen atoms in total. The molecule has 2 aliphatic carbocycles. The SMILES string of the molecule is C/C=C1\CC2CCC1C2OC(C)=O. The van der Waals surface area contributed by atoms with Gasteiger partial charge in [0.2, 0.25) is 0 Å². The van der Waals surface area contributed by atoms with Gasteiger partial charge in [0.1, 0.15) is 6.10 Å². The number of fused-ring (bicyclic) bond motifs is 2. The Morgan fingerprint density at radius 2 is 2.31 bits per heavy atom. The molecule has 0 N–H and O–H groups in total. The van der Waals surface area contributed by atoms with E-state index in [1.165, 1.54) is 25.3 Å². The van der Waals surface area contributed by atoms with Gasteiger partial charge in [-0.2, -0.15) is 0 Å². The molecule has 2 bridgehead atoms. The van der Waals surface area contributed by atoms with Gasteiger partial charge in [-0.15, -0.1) is 0 Å². The lowest BCUT2D eigenvalue weighted by molar-refractivity contribution is -0.148. The third kappa shape index (κ3) is 1.38. The van der Waals surface area contributed by atoms with Crippen LogP contribution in [-0.2, 0) is 9.53 Å². The summed E-state index contributed by atoms with van der Waals surface area (Å²) in [7, 11) is 0. The summed E-state index contributed by atoms with van der Waals surface area (Å²) >= 11 is 0. The molecule has 0 amide bonds. The fourth-order valence-electron chi connectivity index (χ4n) is 2.82. The van der Waals surface area contributed by atoms with E-state index in [0.29, 0.717) is 11.8 Å². The number of esters is 1. The van der Waals surface area contributed by atoms with Crippen molar-refractivity contribution < 1.29 is 9.53 Å². The molecular formula is C11H16O2. The van der Waals surface area contributed by atoms with Gasteiger partial charge < -0.3 is 4.74 Å². The molecule has 0 heterocycles. The van der Waals surface area contributed by atoms with Gasteiger partial charge in [0.25, 0.3) is 0 Å². The van der Waals surface area contributed by atoms with Gasteiger partial charge in [-0.05, 0) is 26.2 Å². The second-order valence-corrected chi connectivity index (χ2v) is 4.09. The van der Waals surface area contributed by atoms with E-state index in [2.05, 4.69) is 13.0 Å². The topological polar surface area (TPSA) is 26.3 Å². The standard InChI is InChI=1S/C11H16O2/c1-3-8-6-9-4-5-10(8)11(9)13-7(2)12/h3,9-11H,4-6H2,1-2H3/b8-3+. The zero-order valence-electron chi connectivity index (χ0n) is 8.25. The summed E-state index contributed by atoms with van der Waals surface area (Å²) in [5.41, 5.74) is 1.50. The highest BCUT2D eigenvalue weighted by molar-refractivity contribution is 5.66. The van der Waals surface area contributed by atoms with Crippen LogP contribution >= 0.6 is 0 Å². The first kappa shape index (κ1) is 8.79. The zero-order valence-corrected chi connectivity index (χ0v) is 8.25. The largest absolute Gasteiger partial charge is 0.462 e. The Morgan fingerprint density at radius 3 is 2.85 bits per heavy atom. The molecule has 2 fully saturated rings. The summed E-state index contributed by atoms with van der Waals surface area (Å²) in [6.07, 6.45) is 5.99. The molecule has 0 aromatic carbocycles. The minimum absolute atomic E-state index is 0.126. The molecule has 0 radical (unpaired) electrons. The predicted octanol–water partition coefficient (Wildman–Crippen LogP) is 2.29. The van der Waals surface area contributed by atoms with Crippen molar-refractivity contribution in [2.75, 3.05) is 0 Å². The Labute approximate surface area is 79.0 Å². The van der Waals surface area contributed by atoms with Gasteiger partial charge >= 0.3 is 5.97 Å². The molecule has 0 aliphatic heterocycles. The number of carbonyl (C=O) groups excluding carboxylic acids is 1. The van der Waals surface area contributed by atoms with Gasteiger partial charge in [0.15, 0.2) is 0 Å². The number of hydrogen-bond donors (Lipinski definition) is 0. The van der Waals surface area contributed by atoms with Crippen LogP contribution in [0.1, 0.15) is 33.1 Å². The summed E-state index contributed by atoms with van der Waals surface area (Å²) in [5.74, 6) is 1.03.